The van der Waals surface area contributed by atoms with Crippen LogP contribution < -0.4 is 10.6 Å². The Hall–Kier alpha value is -3.36. The van der Waals surface area contributed by atoms with E-state index in [4.69, 9.17) is 4.74 Å². The van der Waals surface area contributed by atoms with E-state index in [2.05, 4.69) is 10.6 Å². The maximum Gasteiger partial charge on any atom is 0.407 e. The molecule has 158 valence electrons. The lowest BCUT2D eigenvalue weighted by atomic mass is 10.0. The lowest BCUT2D eigenvalue weighted by molar-refractivity contribution is -0.136. The fraction of sp³-hybridized carbons (Fsp3) is 0.429. The number of hydrogen-bond donors (Lipinski definition) is 2. The van der Waals surface area contributed by atoms with Crippen LogP contribution in [0.15, 0.2) is 24.3 Å². The molecule has 2 aliphatic rings. The van der Waals surface area contributed by atoms with Crippen LogP contribution in [0.1, 0.15) is 44.9 Å². The Morgan fingerprint density at radius 3 is 2.67 bits per heavy atom. The summed E-state index contributed by atoms with van der Waals surface area (Å²) in [6, 6.07) is 6.44. The van der Waals surface area contributed by atoms with Gasteiger partial charge in [0.15, 0.2) is 0 Å². The van der Waals surface area contributed by atoms with Gasteiger partial charge in [-0.15, -0.1) is 0 Å². The van der Waals surface area contributed by atoms with Crippen molar-refractivity contribution < 1.29 is 23.9 Å². The average Bonchev–Trinajstić information content (AvgIpc) is 3.14. The van der Waals surface area contributed by atoms with Gasteiger partial charge in [-0.05, 0) is 33.3 Å². The van der Waals surface area contributed by atoms with Crippen LogP contribution in [-0.4, -0.2) is 45.0 Å². The third kappa shape index (κ3) is 3.51. The number of amides is 4. The molecule has 0 radical (unpaired) electrons. The number of carbonyl (C=O) groups is 4. The molecule has 4 rings (SSSR count). The number of ether oxygens (including phenoxy) is 1. The monoisotopic (exact) mass is 412 g/mol. The minimum atomic E-state index is -0.694. The van der Waals surface area contributed by atoms with Crippen LogP contribution in [-0.2, 0) is 27.4 Å². The second kappa shape index (κ2) is 7.16. The number of fused-ring (bicyclic) bond motifs is 3. The molecule has 2 N–H and O–H groups in total. The average molecular weight is 412 g/mol. The number of para-hydroxylation sites is 1. The molecule has 1 unspecified atom stereocenters. The van der Waals surface area contributed by atoms with Crippen LogP contribution in [0.2, 0.25) is 0 Å². The molecular weight excluding hydrogens is 388 g/mol. The minimum Gasteiger partial charge on any atom is -0.444 e. The molecule has 2 aromatic rings. The molecule has 0 bridgehead atoms. The number of nitrogens with one attached hydrogen (secondary N) is 2. The van der Waals surface area contributed by atoms with Gasteiger partial charge in [0, 0.05) is 23.9 Å². The Labute approximate surface area is 173 Å². The van der Waals surface area contributed by atoms with Gasteiger partial charge in [0.2, 0.25) is 11.8 Å². The molecule has 1 aromatic carbocycles. The first-order valence-corrected chi connectivity index (χ1v) is 9.88. The van der Waals surface area contributed by atoms with Crippen LogP contribution in [0.4, 0.5) is 9.59 Å². The number of benzene rings is 1. The van der Waals surface area contributed by atoms with E-state index in [0.29, 0.717) is 11.9 Å². The highest BCUT2D eigenvalue weighted by atomic mass is 16.6. The Balaban J connectivity index is 1.64. The largest absolute Gasteiger partial charge is 0.444 e. The van der Waals surface area contributed by atoms with Crippen molar-refractivity contribution in [3.05, 3.63) is 35.5 Å². The van der Waals surface area contributed by atoms with E-state index in [1.165, 1.54) is 4.90 Å². The first-order chi connectivity index (χ1) is 14.2. The molecule has 0 spiro atoms. The molecule has 9 nitrogen and oxygen atoms in total. The van der Waals surface area contributed by atoms with E-state index in [-0.39, 0.29) is 31.4 Å². The van der Waals surface area contributed by atoms with Crippen molar-refractivity contribution in [1.29, 1.82) is 0 Å². The molecule has 1 aromatic heterocycles. The molecule has 1 fully saturated rings. The molecule has 9 heteroatoms. The topological polar surface area (TPSA) is 110 Å². The van der Waals surface area contributed by atoms with Gasteiger partial charge < -0.3 is 15.0 Å². The fourth-order valence-corrected chi connectivity index (χ4v) is 4.00. The van der Waals surface area contributed by atoms with E-state index < -0.39 is 23.6 Å². The van der Waals surface area contributed by atoms with Crippen molar-refractivity contribution in [2.75, 3.05) is 0 Å². The SMILES string of the molecule is CC(C)(C)OC(=O)NCc1c2n(c3ccccc13)C(=O)N(C1CCC(=O)NC1=O)C2. The zero-order valence-electron chi connectivity index (χ0n) is 17.2. The minimum absolute atomic E-state index is 0.189. The second-order valence-electron chi connectivity index (χ2n) is 8.51. The second-order valence-corrected chi connectivity index (χ2v) is 8.51. The van der Waals surface area contributed by atoms with Crippen molar-refractivity contribution in [3.8, 4) is 0 Å². The molecule has 1 saturated heterocycles. The van der Waals surface area contributed by atoms with Gasteiger partial charge in [0.1, 0.15) is 11.6 Å². The molecule has 0 saturated carbocycles. The van der Waals surface area contributed by atoms with Crippen molar-refractivity contribution in [2.24, 2.45) is 0 Å². The Kier molecular flexibility index (Phi) is 4.76. The van der Waals surface area contributed by atoms with Crippen molar-refractivity contribution in [2.45, 2.75) is 58.3 Å². The quantitative estimate of drug-likeness (QED) is 0.752. The lowest BCUT2D eigenvalue weighted by Gasteiger charge is -2.29. The number of alkyl carbamates (subject to hydrolysis) is 1. The maximum absolute atomic E-state index is 13.2. The molecule has 0 aliphatic carbocycles. The highest BCUT2D eigenvalue weighted by Crippen LogP contribution is 2.34. The molecular formula is C21H24N4O5. The molecule has 3 heterocycles. The van der Waals surface area contributed by atoms with Gasteiger partial charge in [-0.2, -0.15) is 0 Å². The van der Waals surface area contributed by atoms with Gasteiger partial charge in [-0.3, -0.25) is 19.5 Å². The third-order valence-corrected chi connectivity index (χ3v) is 5.24. The van der Waals surface area contributed by atoms with E-state index >= 15 is 0 Å². The summed E-state index contributed by atoms with van der Waals surface area (Å²) in [5.74, 6) is -0.779. The first kappa shape index (κ1) is 19.9. The van der Waals surface area contributed by atoms with Crippen LogP contribution in [0, 0.1) is 0 Å². The first-order valence-electron chi connectivity index (χ1n) is 9.88. The Morgan fingerprint density at radius 1 is 1.23 bits per heavy atom. The summed E-state index contributed by atoms with van der Waals surface area (Å²) in [7, 11) is 0. The highest BCUT2D eigenvalue weighted by Gasteiger charge is 2.41. The van der Waals surface area contributed by atoms with Crippen LogP contribution >= 0.6 is 0 Å². The maximum atomic E-state index is 13.2. The van der Waals surface area contributed by atoms with Crippen LogP contribution in [0.5, 0.6) is 0 Å². The summed E-state index contributed by atoms with van der Waals surface area (Å²) in [5, 5.41) is 5.92. The molecule has 1 atom stereocenters. The van der Waals surface area contributed by atoms with Crippen molar-refractivity contribution in [3.63, 3.8) is 0 Å². The summed E-state index contributed by atoms with van der Waals surface area (Å²) < 4.78 is 6.90. The number of carbonyl (C=O) groups excluding carboxylic acids is 4. The highest BCUT2D eigenvalue weighted by molar-refractivity contribution is 6.03. The van der Waals surface area contributed by atoms with Gasteiger partial charge in [0.25, 0.3) is 0 Å². The predicted molar refractivity (Wildman–Crippen MR) is 108 cm³/mol. The molecule has 4 amide bonds. The number of nitrogens with zero attached hydrogens (tertiary/aromatic N) is 2. The normalized spacial score (nSPS) is 19.1. The summed E-state index contributed by atoms with van der Waals surface area (Å²) in [4.78, 5) is 50.6. The summed E-state index contributed by atoms with van der Waals surface area (Å²) in [5.41, 5.74) is 1.63. The predicted octanol–water partition coefficient (Wildman–Crippen LogP) is 2.25. The smallest absolute Gasteiger partial charge is 0.407 e. The number of piperidine rings is 1. The Morgan fingerprint density at radius 2 is 1.97 bits per heavy atom. The number of hydrogen-bond acceptors (Lipinski definition) is 5. The zero-order chi connectivity index (χ0) is 21.6. The third-order valence-electron chi connectivity index (χ3n) is 5.24. The van der Waals surface area contributed by atoms with Crippen molar-refractivity contribution in [1.82, 2.24) is 20.1 Å². The Bertz CT molecular complexity index is 1070. The molecule has 30 heavy (non-hydrogen) atoms. The van der Waals surface area contributed by atoms with E-state index in [9.17, 15) is 19.2 Å². The van der Waals surface area contributed by atoms with E-state index in [1.54, 1.807) is 25.3 Å². The molecule has 2 aliphatic heterocycles. The summed E-state index contributed by atoms with van der Waals surface area (Å²) in [6.45, 7) is 5.77. The van der Waals surface area contributed by atoms with Crippen molar-refractivity contribution >= 4 is 34.8 Å². The van der Waals surface area contributed by atoms with Crippen LogP contribution in [0.3, 0.4) is 0 Å². The van der Waals surface area contributed by atoms with Gasteiger partial charge in [0.05, 0.1) is 17.8 Å². The summed E-state index contributed by atoms with van der Waals surface area (Å²) in [6.07, 6.45) is -0.0500. The van der Waals surface area contributed by atoms with Crippen LogP contribution in [0.25, 0.3) is 10.9 Å². The fourth-order valence-electron chi connectivity index (χ4n) is 4.00. The van der Waals surface area contributed by atoms with E-state index in [0.717, 1.165) is 16.6 Å². The number of rotatable bonds is 3. The lowest BCUT2D eigenvalue weighted by Crippen LogP contribution is -2.52. The van der Waals surface area contributed by atoms with E-state index in [1.807, 2.05) is 24.3 Å². The van der Waals surface area contributed by atoms with Gasteiger partial charge in [-0.25, -0.2) is 9.59 Å². The van der Waals surface area contributed by atoms with Gasteiger partial charge >= 0.3 is 12.1 Å². The zero-order valence-corrected chi connectivity index (χ0v) is 17.2. The number of imide groups is 1. The standard InChI is InChI=1S/C21H24N4O5/c1-21(2,3)30-19(28)22-10-13-12-6-4-5-7-14(12)25-16(13)11-24(20(25)29)15-8-9-17(26)23-18(15)27/h4-7,15H,8-11H2,1-3H3,(H,22,28)(H,23,26,27). The summed E-state index contributed by atoms with van der Waals surface area (Å²) >= 11 is 0. The van der Waals surface area contributed by atoms with Gasteiger partial charge in [-0.1, -0.05) is 18.2 Å². The number of aromatic nitrogens is 1.